The van der Waals surface area contributed by atoms with Crippen molar-refractivity contribution in [3.05, 3.63) is 29.8 Å². The van der Waals surface area contributed by atoms with E-state index in [0.717, 1.165) is 44.7 Å². The largest absolute Gasteiger partial charge is 0.350 e. The highest BCUT2D eigenvalue weighted by atomic mass is 32.2. The Bertz CT molecular complexity index is 780. The fraction of sp³-hybridized carbons (Fsp3) is 0.682. The Kier molecular flexibility index (Phi) is 7.71. The van der Waals surface area contributed by atoms with E-state index in [1.54, 1.807) is 22.5 Å². The van der Waals surface area contributed by atoms with Crippen LogP contribution >= 0.6 is 0 Å². The molecule has 2 fully saturated rings. The topological polar surface area (TPSA) is 69.7 Å². The summed E-state index contributed by atoms with van der Waals surface area (Å²) in [6.45, 7) is 8.25. The summed E-state index contributed by atoms with van der Waals surface area (Å²) < 4.78 is 27.6. The van der Waals surface area contributed by atoms with Crippen molar-refractivity contribution in [2.75, 3.05) is 32.7 Å². The predicted octanol–water partition coefficient (Wildman–Crippen LogP) is 3.10. The minimum atomic E-state index is -3.55. The highest BCUT2D eigenvalue weighted by Crippen LogP contribution is 2.21. The zero-order chi connectivity index (χ0) is 20.9. The van der Waals surface area contributed by atoms with Crippen molar-refractivity contribution in [3.8, 4) is 0 Å². The molecule has 1 unspecified atom stereocenters. The Morgan fingerprint density at radius 2 is 1.76 bits per heavy atom. The molecule has 2 saturated heterocycles. The zero-order valence-electron chi connectivity index (χ0n) is 17.8. The standard InChI is InChI=1S/C22H35N3O3S/c1-18-10-14-24(15-11-18)19(2)17-23-22(26)20-8-7-9-21(16-20)29(27,28)25-12-5-3-4-6-13-25/h7-9,16,18-19H,3-6,10-15,17H2,1-2H3,(H,23,26). The molecule has 1 amide bonds. The number of amides is 1. The van der Waals surface area contributed by atoms with Crippen LogP contribution in [0.1, 0.15) is 62.7 Å². The Morgan fingerprint density at radius 3 is 2.41 bits per heavy atom. The number of carbonyl (C=O) groups excluding carboxylic acids is 1. The molecular weight excluding hydrogens is 386 g/mol. The van der Waals surface area contributed by atoms with Gasteiger partial charge in [0.15, 0.2) is 0 Å². The molecule has 1 atom stereocenters. The Balaban J connectivity index is 1.61. The molecule has 0 aliphatic carbocycles. The lowest BCUT2D eigenvalue weighted by molar-refractivity contribution is 0.0921. The van der Waals surface area contributed by atoms with Gasteiger partial charge in [-0.2, -0.15) is 4.31 Å². The van der Waals surface area contributed by atoms with Gasteiger partial charge in [0, 0.05) is 31.2 Å². The number of hydrogen-bond acceptors (Lipinski definition) is 4. The molecule has 0 saturated carbocycles. The number of nitrogens with zero attached hydrogens (tertiary/aromatic N) is 2. The van der Waals surface area contributed by atoms with E-state index in [-0.39, 0.29) is 16.8 Å². The van der Waals surface area contributed by atoms with Crippen LogP contribution in [-0.2, 0) is 10.0 Å². The third kappa shape index (κ3) is 5.80. The Morgan fingerprint density at radius 1 is 1.10 bits per heavy atom. The van der Waals surface area contributed by atoms with E-state index in [0.29, 0.717) is 25.2 Å². The smallest absolute Gasteiger partial charge is 0.251 e. The van der Waals surface area contributed by atoms with Crippen LogP contribution in [0.2, 0.25) is 0 Å². The van der Waals surface area contributed by atoms with Gasteiger partial charge in [-0.3, -0.25) is 9.69 Å². The number of likely N-dealkylation sites (tertiary alicyclic amines) is 1. The van der Waals surface area contributed by atoms with Crippen molar-refractivity contribution in [2.24, 2.45) is 5.92 Å². The lowest BCUT2D eigenvalue weighted by Crippen LogP contribution is -2.45. The molecule has 2 aliphatic heterocycles. The van der Waals surface area contributed by atoms with Crippen LogP contribution in [0.15, 0.2) is 29.2 Å². The first-order valence-corrected chi connectivity index (χ1v) is 12.4. The van der Waals surface area contributed by atoms with Gasteiger partial charge >= 0.3 is 0 Å². The SMILES string of the molecule is CC1CCN(C(C)CNC(=O)c2cccc(S(=O)(=O)N3CCCCCC3)c2)CC1. The first kappa shape index (κ1) is 22.2. The second kappa shape index (κ2) is 10.0. The van der Waals surface area contributed by atoms with E-state index in [4.69, 9.17) is 0 Å². The minimum absolute atomic E-state index is 0.213. The van der Waals surface area contributed by atoms with Crippen molar-refractivity contribution in [1.82, 2.24) is 14.5 Å². The summed E-state index contributed by atoms with van der Waals surface area (Å²) in [6, 6.07) is 6.73. The number of benzene rings is 1. The number of carbonyl (C=O) groups is 1. The maximum atomic E-state index is 13.0. The highest BCUT2D eigenvalue weighted by Gasteiger charge is 2.26. The average Bonchev–Trinajstić information content (AvgIpc) is 3.02. The number of sulfonamides is 1. The van der Waals surface area contributed by atoms with Gasteiger partial charge in [-0.05, 0) is 69.8 Å². The van der Waals surface area contributed by atoms with E-state index in [9.17, 15) is 13.2 Å². The van der Waals surface area contributed by atoms with Crippen LogP contribution in [0.4, 0.5) is 0 Å². The van der Waals surface area contributed by atoms with Crippen LogP contribution in [0.3, 0.4) is 0 Å². The Hall–Kier alpha value is -1.44. The second-order valence-corrected chi connectivity index (χ2v) is 10.6. The van der Waals surface area contributed by atoms with Crippen LogP contribution < -0.4 is 5.32 Å². The minimum Gasteiger partial charge on any atom is -0.350 e. The van der Waals surface area contributed by atoms with Crippen LogP contribution in [0.25, 0.3) is 0 Å². The molecule has 162 valence electrons. The summed E-state index contributed by atoms with van der Waals surface area (Å²) in [4.78, 5) is 15.3. The van der Waals surface area contributed by atoms with Gasteiger partial charge in [0.2, 0.25) is 10.0 Å². The van der Waals surface area contributed by atoms with E-state index >= 15 is 0 Å². The normalized spacial score (nSPS) is 21.4. The maximum Gasteiger partial charge on any atom is 0.251 e. The maximum absolute atomic E-state index is 13.0. The van der Waals surface area contributed by atoms with Crippen molar-refractivity contribution < 1.29 is 13.2 Å². The van der Waals surface area contributed by atoms with Crippen molar-refractivity contribution >= 4 is 15.9 Å². The van der Waals surface area contributed by atoms with Gasteiger partial charge in [-0.15, -0.1) is 0 Å². The highest BCUT2D eigenvalue weighted by molar-refractivity contribution is 7.89. The molecule has 1 N–H and O–H groups in total. The number of rotatable bonds is 6. The molecule has 1 aromatic carbocycles. The molecule has 2 aliphatic rings. The predicted molar refractivity (Wildman–Crippen MR) is 115 cm³/mol. The molecule has 6 nitrogen and oxygen atoms in total. The second-order valence-electron chi connectivity index (χ2n) is 8.62. The third-order valence-electron chi connectivity index (χ3n) is 6.30. The molecule has 1 aromatic rings. The van der Waals surface area contributed by atoms with E-state index in [1.165, 1.54) is 18.9 Å². The van der Waals surface area contributed by atoms with E-state index in [1.807, 2.05) is 0 Å². The van der Waals surface area contributed by atoms with Gasteiger partial charge in [-0.25, -0.2) is 8.42 Å². The van der Waals surface area contributed by atoms with Crippen LogP contribution in [0, 0.1) is 5.92 Å². The summed E-state index contributed by atoms with van der Waals surface area (Å²) in [5.74, 6) is 0.567. The van der Waals surface area contributed by atoms with Gasteiger partial charge in [0.05, 0.1) is 4.90 Å². The first-order valence-electron chi connectivity index (χ1n) is 11.0. The number of nitrogens with one attached hydrogen (secondary N) is 1. The lowest BCUT2D eigenvalue weighted by Gasteiger charge is -2.35. The molecular formula is C22H35N3O3S. The van der Waals surface area contributed by atoms with Crippen molar-refractivity contribution in [1.29, 1.82) is 0 Å². The summed E-state index contributed by atoms with van der Waals surface area (Å²) in [5.41, 5.74) is 0.403. The summed E-state index contributed by atoms with van der Waals surface area (Å²) >= 11 is 0. The zero-order valence-corrected chi connectivity index (χ0v) is 18.6. The molecule has 0 bridgehead atoms. The summed E-state index contributed by atoms with van der Waals surface area (Å²) in [6.07, 6.45) is 6.34. The van der Waals surface area contributed by atoms with Gasteiger partial charge in [0.1, 0.15) is 0 Å². The van der Waals surface area contributed by atoms with E-state index in [2.05, 4.69) is 24.1 Å². The van der Waals surface area contributed by atoms with Gasteiger partial charge in [0.25, 0.3) is 5.91 Å². The summed E-state index contributed by atoms with van der Waals surface area (Å²) in [7, 11) is -3.55. The van der Waals surface area contributed by atoms with Gasteiger partial charge in [-0.1, -0.05) is 25.8 Å². The van der Waals surface area contributed by atoms with E-state index < -0.39 is 10.0 Å². The average molecular weight is 422 g/mol. The molecule has 29 heavy (non-hydrogen) atoms. The van der Waals surface area contributed by atoms with Crippen LogP contribution in [0.5, 0.6) is 0 Å². The quantitative estimate of drug-likeness (QED) is 0.766. The molecule has 3 rings (SSSR count). The fourth-order valence-electron chi connectivity index (χ4n) is 4.17. The number of hydrogen-bond donors (Lipinski definition) is 1. The molecule has 0 radical (unpaired) electrons. The Labute approximate surface area is 175 Å². The third-order valence-corrected chi connectivity index (χ3v) is 8.19. The lowest BCUT2D eigenvalue weighted by atomic mass is 9.98. The van der Waals surface area contributed by atoms with Gasteiger partial charge < -0.3 is 5.32 Å². The molecule has 7 heteroatoms. The first-order chi connectivity index (χ1) is 13.9. The molecule has 2 heterocycles. The molecule has 0 aromatic heterocycles. The fourth-order valence-corrected chi connectivity index (χ4v) is 5.73. The molecule has 0 spiro atoms. The monoisotopic (exact) mass is 421 g/mol. The van der Waals surface area contributed by atoms with Crippen molar-refractivity contribution in [3.63, 3.8) is 0 Å². The number of piperidine rings is 1. The summed E-state index contributed by atoms with van der Waals surface area (Å²) in [5, 5.41) is 2.99. The van der Waals surface area contributed by atoms with Crippen molar-refractivity contribution in [2.45, 2.75) is 63.3 Å². The van der Waals surface area contributed by atoms with Crippen LogP contribution in [-0.4, -0.2) is 62.3 Å².